The quantitative estimate of drug-likeness (QED) is 0.797. The molecule has 0 aliphatic carbocycles. The van der Waals surface area contributed by atoms with Crippen LogP contribution in [0.5, 0.6) is 0 Å². The Morgan fingerprint density at radius 2 is 1.74 bits per heavy atom. The van der Waals surface area contributed by atoms with Gasteiger partial charge in [0.2, 0.25) is 5.91 Å². The van der Waals surface area contributed by atoms with Gasteiger partial charge in [0, 0.05) is 48.1 Å². The van der Waals surface area contributed by atoms with Crippen LogP contribution in [0.2, 0.25) is 5.02 Å². The van der Waals surface area contributed by atoms with Gasteiger partial charge in [-0.2, -0.15) is 0 Å². The van der Waals surface area contributed by atoms with E-state index in [4.69, 9.17) is 11.6 Å². The highest BCUT2D eigenvalue weighted by Gasteiger charge is 2.25. The highest BCUT2D eigenvalue weighted by atomic mass is 35.5. The number of anilines is 2. The smallest absolute Gasteiger partial charge is 0.241 e. The van der Waals surface area contributed by atoms with Crippen LogP contribution in [-0.2, 0) is 4.79 Å². The van der Waals surface area contributed by atoms with E-state index in [1.54, 1.807) is 24.3 Å². The topological polar surface area (TPSA) is 52.7 Å². The summed E-state index contributed by atoms with van der Waals surface area (Å²) in [4.78, 5) is 28.6. The van der Waals surface area contributed by atoms with Crippen molar-refractivity contribution in [3.63, 3.8) is 0 Å². The van der Waals surface area contributed by atoms with Crippen LogP contribution in [0.25, 0.3) is 0 Å². The van der Waals surface area contributed by atoms with E-state index >= 15 is 0 Å². The van der Waals surface area contributed by atoms with Crippen molar-refractivity contribution >= 4 is 34.7 Å². The van der Waals surface area contributed by atoms with E-state index in [-0.39, 0.29) is 17.7 Å². The number of hydrogen-bond acceptors (Lipinski definition) is 4. The van der Waals surface area contributed by atoms with Gasteiger partial charge in [0.05, 0.1) is 6.04 Å². The number of ketones is 1. The summed E-state index contributed by atoms with van der Waals surface area (Å²) < 4.78 is 0. The Hall–Kier alpha value is -2.37. The largest absolute Gasteiger partial charge is 0.369 e. The number of rotatable bonds is 5. The Morgan fingerprint density at radius 1 is 1.04 bits per heavy atom. The highest BCUT2D eigenvalue weighted by Crippen LogP contribution is 2.21. The van der Waals surface area contributed by atoms with Crippen molar-refractivity contribution in [1.29, 1.82) is 0 Å². The number of carbonyl (C=O) groups excluding carboxylic acids is 2. The maximum absolute atomic E-state index is 12.6. The summed E-state index contributed by atoms with van der Waals surface area (Å²) >= 11 is 6.08. The van der Waals surface area contributed by atoms with E-state index in [2.05, 4.69) is 21.2 Å². The number of piperazine rings is 1. The predicted octanol–water partition coefficient (Wildman–Crippen LogP) is 3.69. The van der Waals surface area contributed by atoms with E-state index in [0.29, 0.717) is 11.3 Å². The van der Waals surface area contributed by atoms with E-state index in [1.165, 1.54) is 6.92 Å². The second-order valence-corrected chi connectivity index (χ2v) is 7.24. The van der Waals surface area contributed by atoms with Crippen molar-refractivity contribution in [2.24, 2.45) is 0 Å². The maximum atomic E-state index is 12.6. The molecule has 1 aliphatic heterocycles. The highest BCUT2D eigenvalue weighted by molar-refractivity contribution is 6.30. The summed E-state index contributed by atoms with van der Waals surface area (Å²) in [5.74, 6) is -0.0804. The van der Waals surface area contributed by atoms with E-state index < -0.39 is 0 Å². The number of carbonyl (C=O) groups is 2. The molecule has 1 amide bonds. The average molecular weight is 386 g/mol. The fourth-order valence-electron chi connectivity index (χ4n) is 3.27. The monoisotopic (exact) mass is 385 g/mol. The first kappa shape index (κ1) is 19.4. The standard InChI is InChI=1S/C21H24ClN3O2/c1-15(21(27)23-19-7-3-5-17(13-19)16(2)26)24-9-11-25(12-10-24)20-8-4-6-18(22)14-20/h3-8,13-15H,9-12H2,1-2H3,(H,23,27)/t15-/m0/s1. The molecule has 0 radical (unpaired) electrons. The molecule has 2 aromatic rings. The van der Waals surface area contributed by atoms with E-state index in [0.717, 1.165) is 36.9 Å². The van der Waals surface area contributed by atoms with Gasteiger partial charge < -0.3 is 10.2 Å². The fourth-order valence-corrected chi connectivity index (χ4v) is 3.45. The Bertz CT molecular complexity index is 832. The van der Waals surface area contributed by atoms with Crippen molar-refractivity contribution in [1.82, 2.24) is 4.90 Å². The first-order valence-corrected chi connectivity index (χ1v) is 9.48. The van der Waals surface area contributed by atoms with Crippen LogP contribution in [0.3, 0.4) is 0 Å². The van der Waals surface area contributed by atoms with Crippen LogP contribution in [0.15, 0.2) is 48.5 Å². The number of benzene rings is 2. The maximum Gasteiger partial charge on any atom is 0.241 e. The molecule has 2 aromatic carbocycles. The van der Waals surface area contributed by atoms with Gasteiger partial charge in [-0.3, -0.25) is 14.5 Å². The zero-order chi connectivity index (χ0) is 19.4. The summed E-state index contributed by atoms with van der Waals surface area (Å²) in [7, 11) is 0. The molecule has 1 aliphatic rings. The molecule has 1 saturated heterocycles. The van der Waals surface area contributed by atoms with E-state index in [9.17, 15) is 9.59 Å². The van der Waals surface area contributed by atoms with Gasteiger partial charge in [0.1, 0.15) is 0 Å². The fraction of sp³-hybridized carbons (Fsp3) is 0.333. The Balaban J connectivity index is 1.57. The summed E-state index contributed by atoms with van der Waals surface area (Å²) in [6.45, 7) is 6.72. The molecule has 1 atom stereocenters. The molecule has 1 N–H and O–H groups in total. The minimum absolute atomic E-state index is 0.0173. The third-order valence-corrected chi connectivity index (χ3v) is 5.19. The Morgan fingerprint density at radius 3 is 2.41 bits per heavy atom. The molecule has 5 nitrogen and oxygen atoms in total. The number of amides is 1. The zero-order valence-corrected chi connectivity index (χ0v) is 16.4. The second kappa shape index (κ2) is 8.55. The lowest BCUT2D eigenvalue weighted by atomic mass is 10.1. The van der Waals surface area contributed by atoms with Crippen molar-refractivity contribution in [3.8, 4) is 0 Å². The van der Waals surface area contributed by atoms with Crippen molar-refractivity contribution < 1.29 is 9.59 Å². The molecule has 0 aromatic heterocycles. The number of Topliss-reactive ketones (excluding diaryl/α,β-unsaturated/α-hetero) is 1. The number of hydrogen-bond donors (Lipinski definition) is 1. The van der Waals surface area contributed by atoms with Crippen LogP contribution in [-0.4, -0.2) is 48.8 Å². The summed E-state index contributed by atoms with van der Waals surface area (Å²) in [6, 6.07) is 14.6. The summed E-state index contributed by atoms with van der Waals surface area (Å²) in [5.41, 5.74) is 2.35. The van der Waals surface area contributed by atoms with Gasteiger partial charge in [-0.25, -0.2) is 0 Å². The Kier molecular flexibility index (Phi) is 6.14. The molecule has 0 bridgehead atoms. The molecule has 6 heteroatoms. The summed E-state index contributed by atoms with van der Waals surface area (Å²) in [6.07, 6.45) is 0. The van der Waals surface area contributed by atoms with Crippen LogP contribution in [0, 0.1) is 0 Å². The van der Waals surface area contributed by atoms with Crippen LogP contribution in [0.1, 0.15) is 24.2 Å². The Labute approximate surface area is 164 Å². The van der Waals surface area contributed by atoms with Gasteiger partial charge in [-0.05, 0) is 44.2 Å². The van der Waals surface area contributed by atoms with Gasteiger partial charge in [-0.15, -0.1) is 0 Å². The van der Waals surface area contributed by atoms with Gasteiger partial charge in [0.15, 0.2) is 5.78 Å². The number of halogens is 1. The molecule has 1 fully saturated rings. The van der Waals surface area contributed by atoms with Crippen molar-refractivity contribution in [2.45, 2.75) is 19.9 Å². The zero-order valence-electron chi connectivity index (χ0n) is 15.6. The lowest BCUT2D eigenvalue weighted by Gasteiger charge is -2.38. The first-order valence-electron chi connectivity index (χ1n) is 9.10. The molecule has 142 valence electrons. The normalized spacial score (nSPS) is 16.0. The molecule has 0 saturated carbocycles. The van der Waals surface area contributed by atoms with E-state index in [1.807, 2.05) is 25.1 Å². The number of nitrogens with one attached hydrogen (secondary N) is 1. The third-order valence-electron chi connectivity index (χ3n) is 4.95. The predicted molar refractivity (Wildman–Crippen MR) is 110 cm³/mol. The molecule has 3 rings (SSSR count). The van der Waals surface area contributed by atoms with Gasteiger partial charge in [0.25, 0.3) is 0 Å². The van der Waals surface area contributed by atoms with Crippen molar-refractivity contribution in [3.05, 3.63) is 59.1 Å². The van der Waals surface area contributed by atoms with Crippen LogP contribution in [0.4, 0.5) is 11.4 Å². The lowest BCUT2D eigenvalue weighted by Crippen LogP contribution is -2.52. The van der Waals surface area contributed by atoms with Crippen molar-refractivity contribution in [2.75, 3.05) is 36.4 Å². The molecular formula is C21H24ClN3O2. The van der Waals surface area contributed by atoms with Gasteiger partial charge in [-0.1, -0.05) is 29.8 Å². The van der Waals surface area contributed by atoms with Gasteiger partial charge >= 0.3 is 0 Å². The number of nitrogens with zero attached hydrogens (tertiary/aromatic N) is 2. The average Bonchev–Trinajstić information content (AvgIpc) is 2.67. The van der Waals surface area contributed by atoms with Crippen LogP contribution < -0.4 is 10.2 Å². The minimum atomic E-state index is -0.243. The molecule has 1 heterocycles. The molecular weight excluding hydrogens is 362 g/mol. The lowest BCUT2D eigenvalue weighted by molar-refractivity contribution is -0.120. The summed E-state index contributed by atoms with van der Waals surface area (Å²) in [5, 5.41) is 3.65. The third kappa shape index (κ3) is 4.87. The molecule has 0 spiro atoms. The second-order valence-electron chi connectivity index (χ2n) is 6.81. The molecule has 27 heavy (non-hydrogen) atoms. The molecule has 0 unspecified atom stereocenters. The first-order chi connectivity index (χ1) is 12.9. The van der Waals surface area contributed by atoms with Crippen LogP contribution >= 0.6 is 11.6 Å². The minimum Gasteiger partial charge on any atom is -0.369 e. The SMILES string of the molecule is CC(=O)c1cccc(NC(=O)[C@H](C)N2CCN(c3cccc(Cl)c3)CC2)c1.